The highest BCUT2D eigenvalue weighted by Gasteiger charge is 2.31. The van der Waals surface area contributed by atoms with Crippen LogP contribution in [0.25, 0.3) is 0 Å². The fourth-order valence-corrected chi connectivity index (χ4v) is 2.76. The first-order chi connectivity index (χ1) is 7.83. The quantitative estimate of drug-likeness (QED) is 0.715. The van der Waals surface area contributed by atoms with Crippen molar-refractivity contribution in [2.75, 3.05) is 26.2 Å². The van der Waals surface area contributed by atoms with Gasteiger partial charge in [-0.25, -0.2) is 0 Å². The van der Waals surface area contributed by atoms with Crippen molar-refractivity contribution in [3.05, 3.63) is 0 Å². The van der Waals surface area contributed by atoms with E-state index in [2.05, 4.69) is 5.32 Å². The lowest BCUT2D eigenvalue weighted by Crippen LogP contribution is -2.45. The number of carbonyl (C=O) groups excluding carboxylic acids is 1. The third-order valence-corrected chi connectivity index (χ3v) is 3.78. The molecule has 0 aromatic rings. The molecular formula is C12H22N2O2. The minimum atomic E-state index is 0.0654. The summed E-state index contributed by atoms with van der Waals surface area (Å²) < 4.78 is 0. The molecule has 2 atom stereocenters. The molecule has 16 heavy (non-hydrogen) atoms. The average molecular weight is 226 g/mol. The van der Waals surface area contributed by atoms with Crippen molar-refractivity contribution in [3.63, 3.8) is 0 Å². The molecule has 92 valence electrons. The molecule has 4 heteroatoms. The third-order valence-electron chi connectivity index (χ3n) is 3.78. The van der Waals surface area contributed by atoms with Gasteiger partial charge in [-0.05, 0) is 25.8 Å². The molecule has 0 bridgehead atoms. The summed E-state index contributed by atoms with van der Waals surface area (Å²) >= 11 is 0. The van der Waals surface area contributed by atoms with Crippen LogP contribution >= 0.6 is 0 Å². The van der Waals surface area contributed by atoms with Gasteiger partial charge in [0, 0.05) is 13.1 Å². The van der Waals surface area contributed by atoms with Crippen molar-refractivity contribution in [1.82, 2.24) is 10.2 Å². The monoisotopic (exact) mass is 226 g/mol. The summed E-state index contributed by atoms with van der Waals surface area (Å²) in [5, 5.41) is 12.6. The number of aliphatic hydroxyl groups excluding tert-OH is 1. The predicted molar refractivity (Wildman–Crippen MR) is 62.0 cm³/mol. The number of hydrogen-bond acceptors (Lipinski definition) is 3. The molecule has 2 fully saturated rings. The molecule has 0 aliphatic carbocycles. The second kappa shape index (κ2) is 5.64. The summed E-state index contributed by atoms with van der Waals surface area (Å²) in [6.45, 7) is 2.72. The summed E-state index contributed by atoms with van der Waals surface area (Å²) in [5.41, 5.74) is 0. The van der Waals surface area contributed by atoms with Crippen LogP contribution in [0.15, 0.2) is 0 Å². The average Bonchev–Trinajstić information content (AvgIpc) is 2.73. The van der Waals surface area contributed by atoms with E-state index >= 15 is 0 Å². The molecule has 0 aromatic carbocycles. The number of rotatable bonds is 2. The molecule has 2 rings (SSSR count). The minimum absolute atomic E-state index is 0.0654. The van der Waals surface area contributed by atoms with E-state index in [1.807, 2.05) is 4.90 Å². The summed E-state index contributed by atoms with van der Waals surface area (Å²) in [4.78, 5) is 14.2. The van der Waals surface area contributed by atoms with E-state index in [4.69, 9.17) is 0 Å². The Bertz CT molecular complexity index is 239. The van der Waals surface area contributed by atoms with Gasteiger partial charge in [-0.2, -0.15) is 0 Å². The normalized spacial score (nSPS) is 31.4. The number of hydrogen-bond donors (Lipinski definition) is 2. The summed E-state index contributed by atoms with van der Waals surface area (Å²) in [7, 11) is 0. The Labute approximate surface area is 97.0 Å². The van der Waals surface area contributed by atoms with Gasteiger partial charge in [0.05, 0.1) is 18.6 Å². The summed E-state index contributed by atoms with van der Waals surface area (Å²) in [6.07, 6.45) is 5.32. The van der Waals surface area contributed by atoms with Crippen LogP contribution in [-0.2, 0) is 4.79 Å². The van der Waals surface area contributed by atoms with Crippen LogP contribution in [0.3, 0.4) is 0 Å². The fraction of sp³-hybridized carbons (Fsp3) is 0.917. The number of nitrogens with one attached hydrogen (secondary N) is 1. The zero-order valence-electron chi connectivity index (χ0n) is 9.82. The van der Waals surface area contributed by atoms with E-state index in [1.54, 1.807) is 0 Å². The molecule has 1 amide bonds. The first-order valence-corrected chi connectivity index (χ1v) is 6.45. The van der Waals surface area contributed by atoms with Crippen LogP contribution in [-0.4, -0.2) is 48.2 Å². The van der Waals surface area contributed by atoms with Crippen LogP contribution in [0.4, 0.5) is 0 Å². The maximum atomic E-state index is 12.3. The highest BCUT2D eigenvalue weighted by Crippen LogP contribution is 2.20. The second-order valence-electron chi connectivity index (χ2n) is 4.91. The van der Waals surface area contributed by atoms with Gasteiger partial charge in [0.1, 0.15) is 0 Å². The molecule has 0 saturated carbocycles. The molecule has 4 nitrogen and oxygen atoms in total. The summed E-state index contributed by atoms with van der Waals surface area (Å²) in [6, 6.07) is 0.0654. The van der Waals surface area contributed by atoms with Crippen LogP contribution in [0, 0.1) is 5.92 Å². The van der Waals surface area contributed by atoms with Crippen molar-refractivity contribution in [2.24, 2.45) is 5.92 Å². The highest BCUT2D eigenvalue weighted by molar-refractivity contribution is 5.79. The number of amides is 1. The first kappa shape index (κ1) is 11.9. The lowest BCUT2D eigenvalue weighted by molar-refractivity contribution is -0.138. The lowest BCUT2D eigenvalue weighted by Gasteiger charge is -2.30. The van der Waals surface area contributed by atoms with E-state index in [-0.39, 0.29) is 24.5 Å². The Morgan fingerprint density at radius 3 is 2.88 bits per heavy atom. The fourth-order valence-electron chi connectivity index (χ4n) is 2.76. The van der Waals surface area contributed by atoms with Crippen molar-refractivity contribution < 1.29 is 9.90 Å². The maximum absolute atomic E-state index is 12.3. The van der Waals surface area contributed by atoms with E-state index in [9.17, 15) is 9.90 Å². The van der Waals surface area contributed by atoms with Gasteiger partial charge in [0.2, 0.25) is 5.91 Å². The maximum Gasteiger partial charge on any atom is 0.227 e. The molecule has 2 heterocycles. The number of nitrogens with zero attached hydrogens (tertiary/aromatic N) is 1. The summed E-state index contributed by atoms with van der Waals surface area (Å²) in [5.74, 6) is 0.401. The van der Waals surface area contributed by atoms with Crippen LogP contribution in [0.5, 0.6) is 0 Å². The number of carbonyl (C=O) groups is 1. The van der Waals surface area contributed by atoms with Gasteiger partial charge in [-0.1, -0.05) is 12.8 Å². The standard InChI is InChI=1S/C12H22N2O2/c15-9-11-4-2-1-3-7-14(11)12(16)10-5-6-13-8-10/h10-11,13,15H,1-9H2. The Morgan fingerprint density at radius 2 is 2.19 bits per heavy atom. The lowest BCUT2D eigenvalue weighted by atomic mass is 10.1. The van der Waals surface area contributed by atoms with Crippen LogP contribution in [0.1, 0.15) is 32.1 Å². The van der Waals surface area contributed by atoms with E-state index < -0.39 is 0 Å². The highest BCUT2D eigenvalue weighted by atomic mass is 16.3. The predicted octanol–water partition coefficient (Wildman–Crippen LogP) is 0.359. The zero-order chi connectivity index (χ0) is 11.4. The Kier molecular flexibility index (Phi) is 4.18. The molecular weight excluding hydrogens is 204 g/mol. The molecule has 0 radical (unpaired) electrons. The molecule has 0 spiro atoms. The second-order valence-corrected chi connectivity index (χ2v) is 4.91. The molecule has 2 saturated heterocycles. The largest absolute Gasteiger partial charge is 0.394 e. The van der Waals surface area contributed by atoms with Crippen LogP contribution in [0.2, 0.25) is 0 Å². The smallest absolute Gasteiger partial charge is 0.227 e. The molecule has 2 aliphatic heterocycles. The van der Waals surface area contributed by atoms with Crippen molar-refractivity contribution in [3.8, 4) is 0 Å². The Hall–Kier alpha value is -0.610. The van der Waals surface area contributed by atoms with Gasteiger partial charge in [0.15, 0.2) is 0 Å². The van der Waals surface area contributed by atoms with Crippen molar-refractivity contribution >= 4 is 5.91 Å². The van der Waals surface area contributed by atoms with Crippen molar-refractivity contribution in [2.45, 2.75) is 38.1 Å². The third kappa shape index (κ3) is 2.55. The van der Waals surface area contributed by atoms with Gasteiger partial charge < -0.3 is 15.3 Å². The van der Waals surface area contributed by atoms with Gasteiger partial charge in [-0.15, -0.1) is 0 Å². The zero-order valence-corrected chi connectivity index (χ0v) is 9.82. The van der Waals surface area contributed by atoms with Gasteiger partial charge in [0.25, 0.3) is 0 Å². The van der Waals surface area contributed by atoms with E-state index in [0.29, 0.717) is 0 Å². The Morgan fingerprint density at radius 1 is 1.31 bits per heavy atom. The minimum Gasteiger partial charge on any atom is -0.394 e. The van der Waals surface area contributed by atoms with Crippen molar-refractivity contribution in [1.29, 1.82) is 0 Å². The molecule has 0 aromatic heterocycles. The number of aliphatic hydroxyl groups is 1. The topological polar surface area (TPSA) is 52.6 Å². The SMILES string of the molecule is O=C(C1CCNC1)N1CCCCCC1CO. The Balaban J connectivity index is 2.00. The molecule has 2 unspecified atom stereocenters. The van der Waals surface area contributed by atoms with E-state index in [0.717, 1.165) is 45.3 Å². The molecule has 2 N–H and O–H groups in total. The van der Waals surface area contributed by atoms with Gasteiger partial charge in [-0.3, -0.25) is 4.79 Å². The van der Waals surface area contributed by atoms with E-state index in [1.165, 1.54) is 6.42 Å². The van der Waals surface area contributed by atoms with Gasteiger partial charge >= 0.3 is 0 Å². The number of likely N-dealkylation sites (tertiary alicyclic amines) is 1. The molecule has 2 aliphatic rings. The first-order valence-electron chi connectivity index (χ1n) is 6.45. The van der Waals surface area contributed by atoms with Crippen LogP contribution < -0.4 is 5.32 Å².